The molecule has 0 aliphatic rings. The van der Waals surface area contributed by atoms with Gasteiger partial charge in [-0.15, -0.1) is 22.7 Å². The van der Waals surface area contributed by atoms with Crippen molar-refractivity contribution in [1.29, 1.82) is 5.26 Å². The Morgan fingerprint density at radius 1 is 1.40 bits per heavy atom. The Labute approximate surface area is 123 Å². The number of carboxylic acids is 1. The quantitative estimate of drug-likeness (QED) is 0.870. The summed E-state index contributed by atoms with van der Waals surface area (Å²) < 4.78 is 26.3. The molecule has 2 heterocycles. The minimum Gasteiger partial charge on any atom is -0.480 e. The first-order valence-electron chi connectivity index (χ1n) is 5.22. The fraction of sp³-hybridized carbons (Fsp3) is 0.0909. The monoisotopic (exact) mass is 328 g/mol. The first kappa shape index (κ1) is 14.7. The zero-order valence-electron chi connectivity index (χ0n) is 9.81. The van der Waals surface area contributed by atoms with Crippen molar-refractivity contribution in [1.82, 2.24) is 4.72 Å². The molecule has 0 aliphatic carbocycles. The number of thiophene rings is 2. The Hall–Kier alpha value is -1.73. The molecule has 20 heavy (non-hydrogen) atoms. The summed E-state index contributed by atoms with van der Waals surface area (Å²) in [7, 11) is -3.98. The third-order valence-electron chi connectivity index (χ3n) is 2.30. The van der Waals surface area contributed by atoms with E-state index in [-0.39, 0.29) is 9.09 Å². The first-order chi connectivity index (χ1) is 9.44. The van der Waals surface area contributed by atoms with E-state index in [9.17, 15) is 13.2 Å². The van der Waals surface area contributed by atoms with Crippen LogP contribution in [0.1, 0.15) is 15.8 Å². The van der Waals surface area contributed by atoms with Gasteiger partial charge in [0.1, 0.15) is 15.2 Å². The van der Waals surface area contributed by atoms with Gasteiger partial charge in [-0.3, -0.25) is 4.79 Å². The molecule has 6 nitrogen and oxygen atoms in total. The van der Waals surface area contributed by atoms with Crippen molar-refractivity contribution in [3.63, 3.8) is 0 Å². The highest BCUT2D eigenvalue weighted by atomic mass is 32.2. The second-order valence-electron chi connectivity index (χ2n) is 3.64. The van der Waals surface area contributed by atoms with Crippen molar-refractivity contribution in [3.05, 3.63) is 39.4 Å². The van der Waals surface area contributed by atoms with E-state index in [1.54, 1.807) is 17.5 Å². The highest BCUT2D eigenvalue weighted by Crippen LogP contribution is 2.25. The Bertz CT molecular complexity index is 756. The highest BCUT2D eigenvalue weighted by Gasteiger charge is 2.28. The van der Waals surface area contributed by atoms with Crippen molar-refractivity contribution >= 4 is 38.7 Å². The molecule has 1 unspecified atom stereocenters. The molecule has 0 aromatic carbocycles. The fourth-order valence-corrected chi connectivity index (χ4v) is 4.55. The Morgan fingerprint density at radius 3 is 2.65 bits per heavy atom. The second-order valence-corrected chi connectivity index (χ2v) is 7.64. The van der Waals surface area contributed by atoms with Crippen LogP contribution in [-0.2, 0) is 14.8 Å². The molecule has 0 fully saturated rings. The average molecular weight is 328 g/mol. The van der Waals surface area contributed by atoms with Crippen LogP contribution in [0.5, 0.6) is 0 Å². The van der Waals surface area contributed by atoms with E-state index >= 15 is 0 Å². The summed E-state index contributed by atoms with van der Waals surface area (Å²) in [5.41, 5.74) is 0. The van der Waals surface area contributed by atoms with E-state index in [0.29, 0.717) is 4.88 Å². The molecule has 2 aromatic rings. The number of hydrogen-bond donors (Lipinski definition) is 2. The molecule has 0 saturated heterocycles. The Balaban J connectivity index is 2.31. The molecule has 2 rings (SSSR count). The lowest BCUT2D eigenvalue weighted by molar-refractivity contribution is -0.139. The van der Waals surface area contributed by atoms with Crippen LogP contribution in [0.2, 0.25) is 0 Å². The van der Waals surface area contributed by atoms with Gasteiger partial charge in [0.05, 0.1) is 0 Å². The van der Waals surface area contributed by atoms with Crippen LogP contribution in [0.3, 0.4) is 0 Å². The van der Waals surface area contributed by atoms with Gasteiger partial charge < -0.3 is 5.11 Å². The van der Waals surface area contributed by atoms with E-state index < -0.39 is 22.0 Å². The third kappa shape index (κ3) is 3.05. The number of carboxylic acid groups (broad SMARTS) is 1. The summed E-state index contributed by atoms with van der Waals surface area (Å²) in [5, 5.41) is 19.5. The van der Waals surface area contributed by atoms with Crippen molar-refractivity contribution in [2.24, 2.45) is 0 Å². The van der Waals surface area contributed by atoms with E-state index in [2.05, 4.69) is 4.72 Å². The minimum atomic E-state index is -3.98. The van der Waals surface area contributed by atoms with Crippen LogP contribution in [0, 0.1) is 11.3 Å². The van der Waals surface area contributed by atoms with Gasteiger partial charge in [-0.2, -0.15) is 9.98 Å². The van der Waals surface area contributed by atoms with Gasteiger partial charge in [-0.1, -0.05) is 6.07 Å². The fourth-order valence-electron chi connectivity index (χ4n) is 1.42. The van der Waals surface area contributed by atoms with Crippen LogP contribution in [0.4, 0.5) is 0 Å². The van der Waals surface area contributed by atoms with E-state index in [1.165, 1.54) is 12.1 Å². The average Bonchev–Trinajstić information content (AvgIpc) is 3.06. The number of nitriles is 1. The Morgan fingerprint density at radius 2 is 2.15 bits per heavy atom. The van der Waals surface area contributed by atoms with Crippen molar-refractivity contribution < 1.29 is 18.3 Å². The van der Waals surface area contributed by atoms with Gasteiger partial charge in [0, 0.05) is 4.88 Å². The number of aliphatic carboxylic acids is 1. The second kappa shape index (κ2) is 5.72. The maximum absolute atomic E-state index is 12.1. The summed E-state index contributed by atoms with van der Waals surface area (Å²) in [4.78, 5) is 11.8. The zero-order chi connectivity index (χ0) is 14.8. The molecule has 0 radical (unpaired) electrons. The van der Waals surface area contributed by atoms with E-state index in [4.69, 9.17) is 10.4 Å². The maximum atomic E-state index is 12.1. The highest BCUT2D eigenvalue weighted by molar-refractivity contribution is 7.91. The number of carbonyl (C=O) groups is 1. The molecule has 0 bridgehead atoms. The molecule has 1 atom stereocenters. The lowest BCUT2D eigenvalue weighted by Gasteiger charge is -2.12. The lowest BCUT2D eigenvalue weighted by Crippen LogP contribution is -2.32. The molecule has 0 amide bonds. The third-order valence-corrected chi connectivity index (χ3v) is 6.15. The predicted molar refractivity (Wildman–Crippen MR) is 74.1 cm³/mol. The number of nitrogens with zero attached hydrogens (tertiary/aromatic N) is 1. The smallest absolute Gasteiger partial charge is 0.327 e. The first-order valence-corrected chi connectivity index (χ1v) is 8.40. The molecule has 104 valence electrons. The van der Waals surface area contributed by atoms with Gasteiger partial charge >= 0.3 is 5.97 Å². The van der Waals surface area contributed by atoms with E-state index in [0.717, 1.165) is 22.7 Å². The van der Waals surface area contributed by atoms with Crippen LogP contribution < -0.4 is 4.72 Å². The van der Waals surface area contributed by atoms with Crippen LogP contribution >= 0.6 is 22.7 Å². The number of sulfonamides is 1. The number of rotatable bonds is 5. The molecular weight excluding hydrogens is 320 g/mol. The van der Waals surface area contributed by atoms with Crippen molar-refractivity contribution in [3.8, 4) is 6.07 Å². The van der Waals surface area contributed by atoms with Crippen LogP contribution in [0.25, 0.3) is 0 Å². The number of hydrogen-bond acceptors (Lipinski definition) is 6. The molecule has 0 spiro atoms. The van der Waals surface area contributed by atoms with Gasteiger partial charge in [-0.05, 0) is 23.6 Å². The SMILES string of the molecule is N#Cc1ccc(S(=O)(=O)NC(C(=O)O)c2cccs2)s1. The number of nitrogens with one attached hydrogen (secondary N) is 1. The minimum absolute atomic E-state index is 0.0862. The summed E-state index contributed by atoms with van der Waals surface area (Å²) in [6.45, 7) is 0. The van der Waals surface area contributed by atoms with Gasteiger partial charge in [0.15, 0.2) is 6.04 Å². The molecule has 9 heteroatoms. The maximum Gasteiger partial charge on any atom is 0.327 e. The normalized spacial score (nSPS) is 12.8. The largest absolute Gasteiger partial charge is 0.480 e. The topological polar surface area (TPSA) is 107 Å². The predicted octanol–water partition coefficient (Wildman–Crippen LogP) is 1.79. The van der Waals surface area contributed by atoms with Crippen molar-refractivity contribution in [2.75, 3.05) is 0 Å². The molecule has 0 saturated carbocycles. The van der Waals surface area contributed by atoms with Gasteiger partial charge in [-0.25, -0.2) is 8.42 Å². The standard InChI is InChI=1S/C11H8N2O4S3/c12-6-7-3-4-9(19-7)20(16,17)13-10(11(14)15)8-2-1-5-18-8/h1-5,10,13H,(H,14,15). The summed E-state index contributed by atoms with van der Waals surface area (Å²) in [6, 6.07) is 6.33. The Kier molecular flexibility index (Phi) is 4.20. The van der Waals surface area contributed by atoms with Gasteiger partial charge in [0.2, 0.25) is 0 Å². The lowest BCUT2D eigenvalue weighted by atomic mass is 10.3. The summed E-state index contributed by atoms with van der Waals surface area (Å²) >= 11 is 1.94. The van der Waals surface area contributed by atoms with Gasteiger partial charge in [0.25, 0.3) is 10.0 Å². The summed E-state index contributed by atoms with van der Waals surface area (Å²) in [5.74, 6) is -1.28. The zero-order valence-corrected chi connectivity index (χ0v) is 12.3. The van der Waals surface area contributed by atoms with Crippen molar-refractivity contribution in [2.45, 2.75) is 10.3 Å². The molecular formula is C11H8N2O4S3. The molecule has 2 N–H and O–H groups in total. The van der Waals surface area contributed by atoms with Crippen LogP contribution in [0.15, 0.2) is 33.9 Å². The molecule has 0 aliphatic heterocycles. The molecule has 2 aromatic heterocycles. The van der Waals surface area contributed by atoms with Crippen LogP contribution in [-0.4, -0.2) is 19.5 Å². The van der Waals surface area contributed by atoms with E-state index in [1.807, 2.05) is 6.07 Å². The summed E-state index contributed by atoms with van der Waals surface area (Å²) in [6.07, 6.45) is 0.